The highest BCUT2D eigenvalue weighted by molar-refractivity contribution is 5.92. The Labute approximate surface area is 122 Å². The van der Waals surface area contributed by atoms with Gasteiger partial charge in [-0.2, -0.15) is 0 Å². The molecule has 8 nitrogen and oxygen atoms in total. The van der Waals surface area contributed by atoms with Crippen LogP contribution in [-0.2, 0) is 28.7 Å². The zero-order valence-corrected chi connectivity index (χ0v) is 12.1. The van der Waals surface area contributed by atoms with E-state index in [2.05, 4.69) is 4.74 Å². The van der Waals surface area contributed by atoms with E-state index in [1.54, 1.807) is 0 Å². The van der Waals surface area contributed by atoms with Crippen LogP contribution in [0.2, 0.25) is 0 Å². The van der Waals surface area contributed by atoms with Gasteiger partial charge in [0.05, 0.1) is 19.4 Å². The maximum absolute atomic E-state index is 11.8. The molecule has 120 valence electrons. The summed E-state index contributed by atoms with van der Waals surface area (Å²) in [5.74, 6) is -4.83. The molecule has 0 radical (unpaired) electrons. The summed E-state index contributed by atoms with van der Waals surface area (Å²) in [6.07, 6.45) is 0.264. The molecule has 0 aliphatic carbocycles. The van der Waals surface area contributed by atoms with Crippen LogP contribution in [0.1, 0.15) is 46.0 Å². The zero-order chi connectivity index (χ0) is 16.5. The predicted octanol–water partition coefficient (Wildman–Crippen LogP) is 0.405. The van der Waals surface area contributed by atoms with Crippen molar-refractivity contribution in [3.8, 4) is 0 Å². The second-order valence-corrected chi connectivity index (χ2v) is 4.59. The maximum Gasteiger partial charge on any atom is 0.339 e. The lowest BCUT2D eigenvalue weighted by molar-refractivity contribution is -0.178. The molecular weight excluding hydrogens is 284 g/mol. The summed E-state index contributed by atoms with van der Waals surface area (Å²) in [5, 5.41) is 18.7. The number of carboxylic acids is 1. The van der Waals surface area contributed by atoms with Crippen molar-refractivity contribution in [3.63, 3.8) is 0 Å². The Kier molecular flexibility index (Phi) is 8.22. The minimum atomic E-state index is -2.55. The molecule has 0 aromatic rings. The second-order valence-electron chi connectivity index (χ2n) is 4.59. The van der Waals surface area contributed by atoms with Gasteiger partial charge in [0.1, 0.15) is 0 Å². The molecule has 8 heteroatoms. The first-order chi connectivity index (χ1) is 9.71. The fraction of sp³-hybridized carbons (Fsp3) is 0.692. The summed E-state index contributed by atoms with van der Waals surface area (Å²) in [6, 6.07) is 0. The van der Waals surface area contributed by atoms with Gasteiger partial charge in [-0.3, -0.25) is 14.4 Å². The van der Waals surface area contributed by atoms with Gasteiger partial charge in [-0.1, -0.05) is 19.8 Å². The Morgan fingerprint density at radius 1 is 1.10 bits per heavy atom. The van der Waals surface area contributed by atoms with Gasteiger partial charge in [0.25, 0.3) is 0 Å². The highest BCUT2D eigenvalue weighted by Gasteiger charge is 2.43. The number of hydrogen-bond donors (Lipinski definition) is 2. The molecule has 0 fully saturated rings. The van der Waals surface area contributed by atoms with Gasteiger partial charge in [0, 0.05) is 6.92 Å². The van der Waals surface area contributed by atoms with Crippen molar-refractivity contribution in [2.24, 2.45) is 0 Å². The molecule has 0 aromatic heterocycles. The normalized spacial score (nSPS) is 13.1. The van der Waals surface area contributed by atoms with E-state index < -0.39 is 42.3 Å². The summed E-state index contributed by atoms with van der Waals surface area (Å²) in [4.78, 5) is 44.4. The lowest BCUT2D eigenvalue weighted by atomic mass is 9.95. The Hall–Kier alpha value is -1.96. The molecular formula is C13H20O8. The van der Waals surface area contributed by atoms with E-state index in [1.807, 2.05) is 6.92 Å². The van der Waals surface area contributed by atoms with E-state index in [0.29, 0.717) is 6.42 Å². The molecule has 0 aliphatic rings. The van der Waals surface area contributed by atoms with E-state index >= 15 is 0 Å². The van der Waals surface area contributed by atoms with Crippen LogP contribution in [0, 0.1) is 0 Å². The molecule has 0 bridgehead atoms. The largest absolute Gasteiger partial charge is 0.481 e. The highest BCUT2D eigenvalue weighted by atomic mass is 16.6. The molecule has 21 heavy (non-hydrogen) atoms. The summed E-state index contributed by atoms with van der Waals surface area (Å²) in [7, 11) is 0. The zero-order valence-electron chi connectivity index (χ0n) is 12.1. The average molecular weight is 304 g/mol. The fourth-order valence-electron chi connectivity index (χ4n) is 1.54. The molecule has 0 aliphatic heterocycles. The van der Waals surface area contributed by atoms with Gasteiger partial charge in [-0.25, -0.2) is 4.79 Å². The highest BCUT2D eigenvalue weighted by Crippen LogP contribution is 2.19. The van der Waals surface area contributed by atoms with Gasteiger partial charge < -0.3 is 19.7 Å². The molecule has 1 atom stereocenters. The van der Waals surface area contributed by atoms with Crippen molar-refractivity contribution < 1.29 is 38.9 Å². The average Bonchev–Trinajstić information content (AvgIpc) is 2.31. The number of hydrogen-bond acceptors (Lipinski definition) is 7. The monoisotopic (exact) mass is 304 g/mol. The van der Waals surface area contributed by atoms with Crippen molar-refractivity contribution in [2.75, 3.05) is 6.61 Å². The van der Waals surface area contributed by atoms with E-state index in [0.717, 1.165) is 19.8 Å². The van der Waals surface area contributed by atoms with Gasteiger partial charge in [0.15, 0.2) is 5.60 Å². The van der Waals surface area contributed by atoms with E-state index in [1.165, 1.54) is 0 Å². The fourth-order valence-corrected chi connectivity index (χ4v) is 1.54. The summed E-state index contributed by atoms with van der Waals surface area (Å²) in [6.45, 7) is 2.92. The van der Waals surface area contributed by atoms with E-state index in [9.17, 15) is 24.3 Å². The van der Waals surface area contributed by atoms with Gasteiger partial charge in [0.2, 0.25) is 0 Å². The van der Waals surface area contributed by atoms with Crippen LogP contribution < -0.4 is 0 Å². The number of carbonyl (C=O) groups excluding carboxylic acids is 3. The number of aliphatic hydroxyl groups is 1. The van der Waals surface area contributed by atoms with Crippen molar-refractivity contribution in [3.05, 3.63) is 0 Å². The quantitative estimate of drug-likeness (QED) is 0.356. The molecule has 0 amide bonds. The minimum absolute atomic E-state index is 0.0103. The Bertz CT molecular complexity index is 403. The number of esters is 3. The third kappa shape index (κ3) is 8.03. The van der Waals surface area contributed by atoms with E-state index in [4.69, 9.17) is 9.84 Å². The number of unbranched alkanes of at least 4 members (excludes halogenated alkanes) is 2. The number of carbonyl (C=O) groups is 4. The molecule has 0 spiro atoms. The molecule has 0 aromatic carbocycles. The Morgan fingerprint density at radius 3 is 2.19 bits per heavy atom. The van der Waals surface area contributed by atoms with Crippen LogP contribution in [0.5, 0.6) is 0 Å². The lowest BCUT2D eigenvalue weighted by Gasteiger charge is -2.23. The topological polar surface area (TPSA) is 127 Å². The Morgan fingerprint density at radius 2 is 1.71 bits per heavy atom. The van der Waals surface area contributed by atoms with Crippen LogP contribution in [-0.4, -0.2) is 46.3 Å². The van der Waals surface area contributed by atoms with Crippen LogP contribution in [0.25, 0.3) is 0 Å². The molecule has 2 N–H and O–H groups in total. The first kappa shape index (κ1) is 19.0. The summed E-state index contributed by atoms with van der Waals surface area (Å²) < 4.78 is 8.95. The van der Waals surface area contributed by atoms with Crippen LogP contribution in [0.15, 0.2) is 0 Å². The van der Waals surface area contributed by atoms with Gasteiger partial charge in [-0.05, 0) is 6.42 Å². The molecule has 0 heterocycles. The van der Waals surface area contributed by atoms with Crippen molar-refractivity contribution in [1.29, 1.82) is 0 Å². The first-order valence-corrected chi connectivity index (χ1v) is 6.54. The molecule has 1 unspecified atom stereocenters. The first-order valence-electron chi connectivity index (χ1n) is 6.54. The van der Waals surface area contributed by atoms with Crippen molar-refractivity contribution in [1.82, 2.24) is 0 Å². The lowest BCUT2D eigenvalue weighted by Crippen LogP contribution is -2.44. The van der Waals surface area contributed by atoms with Crippen molar-refractivity contribution >= 4 is 23.9 Å². The standard InChI is InChI=1S/C13H20O8/c1-3-4-5-6-20-12(18)13(19,7-10(15)16)8-11(17)21-9(2)14/h19H,3-8H2,1-2H3,(H,15,16). The number of aliphatic carboxylic acids is 1. The van der Waals surface area contributed by atoms with Crippen LogP contribution >= 0.6 is 0 Å². The number of rotatable bonds is 9. The van der Waals surface area contributed by atoms with Gasteiger partial charge in [-0.15, -0.1) is 0 Å². The van der Waals surface area contributed by atoms with Crippen LogP contribution in [0.3, 0.4) is 0 Å². The minimum Gasteiger partial charge on any atom is -0.481 e. The van der Waals surface area contributed by atoms with Crippen LogP contribution in [0.4, 0.5) is 0 Å². The molecule has 0 saturated heterocycles. The van der Waals surface area contributed by atoms with E-state index in [-0.39, 0.29) is 6.61 Å². The summed E-state index contributed by atoms with van der Waals surface area (Å²) >= 11 is 0. The van der Waals surface area contributed by atoms with Gasteiger partial charge >= 0.3 is 23.9 Å². The predicted molar refractivity (Wildman–Crippen MR) is 69.1 cm³/mol. The maximum atomic E-state index is 11.8. The second kappa shape index (κ2) is 9.06. The number of ether oxygens (including phenoxy) is 2. The number of carboxylic acid groups (broad SMARTS) is 1. The Balaban J connectivity index is 4.73. The SMILES string of the molecule is CCCCCOC(=O)C(O)(CC(=O)O)CC(=O)OC(C)=O. The third-order valence-electron chi connectivity index (χ3n) is 2.50. The molecule has 0 rings (SSSR count). The molecule has 0 saturated carbocycles. The summed E-state index contributed by atoms with van der Waals surface area (Å²) in [5.41, 5.74) is -2.55. The van der Waals surface area contributed by atoms with Crippen molar-refractivity contribution in [2.45, 2.75) is 51.6 Å². The third-order valence-corrected chi connectivity index (χ3v) is 2.50. The smallest absolute Gasteiger partial charge is 0.339 e.